The zero-order valence-electron chi connectivity index (χ0n) is 23.7. The number of nitrogens with zero attached hydrogens (tertiary/aromatic N) is 2. The van der Waals surface area contributed by atoms with Gasteiger partial charge < -0.3 is 24.8 Å². The lowest BCUT2D eigenvalue weighted by atomic mass is 9.82. The highest BCUT2D eigenvalue weighted by molar-refractivity contribution is 5.95. The minimum Gasteiger partial charge on any atom is -0.381 e. The number of H-pyrrole nitrogens is 1. The standard InChI is InChI=1S/C31H42N4O3/c1-20-15-21(2)33-31(37)28(20)18-32-30(36)27-16-25(24-9-7-23(8-10-24)19-34(4)5)17-29(22(27)3)35(6)26-11-13-38-14-12-26/h7-10,15,17,25-26H,11-14,16,18-19H2,1-6H3,(H,32,36)(H,33,37). The van der Waals surface area contributed by atoms with E-state index in [1.54, 1.807) is 0 Å². The number of amides is 1. The molecule has 0 spiro atoms. The fraction of sp³-hybridized carbons (Fsp3) is 0.484. The average molecular weight is 519 g/mol. The molecule has 2 aliphatic rings. The topological polar surface area (TPSA) is 77.7 Å². The second kappa shape index (κ2) is 12.1. The molecule has 204 valence electrons. The summed E-state index contributed by atoms with van der Waals surface area (Å²) in [4.78, 5) is 33.5. The molecule has 1 fully saturated rings. The molecule has 1 atom stereocenters. The molecule has 2 aromatic rings. The van der Waals surface area contributed by atoms with Crippen molar-refractivity contribution in [3.05, 3.63) is 91.6 Å². The van der Waals surface area contributed by atoms with Crippen LogP contribution in [0.4, 0.5) is 0 Å². The molecular formula is C31H42N4O3. The number of hydrogen-bond donors (Lipinski definition) is 2. The number of aromatic nitrogens is 1. The molecule has 0 bridgehead atoms. The number of nitrogens with one attached hydrogen (secondary N) is 2. The minimum atomic E-state index is -0.146. The van der Waals surface area contributed by atoms with Gasteiger partial charge in [-0.2, -0.15) is 0 Å². The minimum absolute atomic E-state index is 0.0923. The number of carbonyl (C=O) groups is 1. The van der Waals surface area contributed by atoms with Crippen molar-refractivity contribution in [2.24, 2.45) is 0 Å². The van der Waals surface area contributed by atoms with Gasteiger partial charge in [0.05, 0.1) is 0 Å². The van der Waals surface area contributed by atoms with E-state index in [1.807, 2.05) is 19.9 Å². The fourth-order valence-electron chi connectivity index (χ4n) is 5.64. The van der Waals surface area contributed by atoms with E-state index in [0.717, 1.165) is 60.7 Å². The van der Waals surface area contributed by atoms with Crippen LogP contribution in [-0.4, -0.2) is 61.1 Å². The van der Waals surface area contributed by atoms with Gasteiger partial charge >= 0.3 is 0 Å². The van der Waals surface area contributed by atoms with Crippen molar-refractivity contribution in [2.45, 2.75) is 65.1 Å². The molecule has 1 amide bonds. The van der Waals surface area contributed by atoms with Crippen molar-refractivity contribution < 1.29 is 9.53 Å². The molecule has 4 rings (SSSR count). The van der Waals surface area contributed by atoms with Crippen LogP contribution in [0.15, 0.2) is 58.0 Å². The van der Waals surface area contributed by atoms with Crippen molar-refractivity contribution in [3.63, 3.8) is 0 Å². The van der Waals surface area contributed by atoms with Crippen LogP contribution in [0.25, 0.3) is 0 Å². The second-order valence-electron chi connectivity index (χ2n) is 11.0. The van der Waals surface area contributed by atoms with Crippen molar-refractivity contribution >= 4 is 5.91 Å². The number of aryl methyl sites for hydroxylation is 2. The van der Waals surface area contributed by atoms with Gasteiger partial charge in [0.2, 0.25) is 5.91 Å². The Balaban J connectivity index is 1.62. The van der Waals surface area contributed by atoms with Gasteiger partial charge in [-0.05, 0) is 82.5 Å². The number of allylic oxidation sites excluding steroid dienone is 2. The van der Waals surface area contributed by atoms with Crippen LogP contribution in [0, 0.1) is 13.8 Å². The quantitative estimate of drug-likeness (QED) is 0.549. The lowest BCUT2D eigenvalue weighted by molar-refractivity contribution is -0.117. The van der Waals surface area contributed by atoms with Crippen molar-refractivity contribution in [3.8, 4) is 0 Å². The number of pyridine rings is 1. The monoisotopic (exact) mass is 518 g/mol. The van der Waals surface area contributed by atoms with Gasteiger partial charge in [0, 0.05) is 67.8 Å². The molecule has 1 aromatic carbocycles. The van der Waals surface area contributed by atoms with Crippen LogP contribution in [0.1, 0.15) is 60.1 Å². The number of likely N-dealkylation sites (N-methyl/N-ethyl adjacent to an activating group) is 1. The molecule has 1 aromatic heterocycles. The number of hydrogen-bond acceptors (Lipinski definition) is 5. The first-order chi connectivity index (χ1) is 18.1. The van der Waals surface area contributed by atoms with Crippen LogP contribution in [0.5, 0.6) is 0 Å². The van der Waals surface area contributed by atoms with Gasteiger partial charge in [-0.25, -0.2) is 0 Å². The van der Waals surface area contributed by atoms with Gasteiger partial charge in [-0.1, -0.05) is 30.3 Å². The predicted octanol–water partition coefficient (Wildman–Crippen LogP) is 4.17. The summed E-state index contributed by atoms with van der Waals surface area (Å²) in [5.41, 5.74) is 7.52. The van der Waals surface area contributed by atoms with E-state index in [1.165, 1.54) is 11.1 Å². The summed E-state index contributed by atoms with van der Waals surface area (Å²) in [5, 5.41) is 3.05. The Morgan fingerprint density at radius 1 is 1.08 bits per heavy atom. The van der Waals surface area contributed by atoms with Crippen molar-refractivity contribution in [1.29, 1.82) is 0 Å². The third-order valence-corrected chi connectivity index (χ3v) is 7.84. The first-order valence-corrected chi connectivity index (χ1v) is 13.6. The van der Waals surface area contributed by atoms with E-state index in [4.69, 9.17) is 4.74 Å². The van der Waals surface area contributed by atoms with Crippen molar-refractivity contribution in [2.75, 3.05) is 34.4 Å². The lowest BCUT2D eigenvalue weighted by Crippen LogP contribution is -2.38. The van der Waals surface area contributed by atoms with Gasteiger partial charge in [0.15, 0.2) is 0 Å². The molecule has 38 heavy (non-hydrogen) atoms. The van der Waals surface area contributed by atoms with Crippen LogP contribution in [-0.2, 0) is 22.6 Å². The van der Waals surface area contributed by atoms with E-state index in [0.29, 0.717) is 18.0 Å². The highest BCUT2D eigenvalue weighted by Gasteiger charge is 2.30. The Kier molecular flexibility index (Phi) is 8.90. The highest BCUT2D eigenvalue weighted by atomic mass is 16.5. The van der Waals surface area contributed by atoms with Gasteiger partial charge in [0.1, 0.15) is 0 Å². The van der Waals surface area contributed by atoms with E-state index in [2.05, 4.69) is 78.5 Å². The summed E-state index contributed by atoms with van der Waals surface area (Å²) < 4.78 is 5.60. The smallest absolute Gasteiger partial charge is 0.253 e. The maximum absolute atomic E-state index is 13.6. The van der Waals surface area contributed by atoms with Crippen molar-refractivity contribution in [1.82, 2.24) is 20.1 Å². The molecule has 1 aliphatic carbocycles. The summed E-state index contributed by atoms with van der Waals surface area (Å²) in [6.07, 6.45) is 4.90. The zero-order chi connectivity index (χ0) is 27.4. The Morgan fingerprint density at radius 3 is 2.39 bits per heavy atom. The molecule has 0 saturated carbocycles. The molecule has 2 N–H and O–H groups in total. The SMILES string of the molecule is CC1=C(C(=O)NCc2c(C)cc(C)[nH]c2=O)CC(c2ccc(CN(C)C)cc2)C=C1N(C)C1CCOCC1. The number of aromatic amines is 1. The summed E-state index contributed by atoms with van der Waals surface area (Å²) in [6, 6.07) is 11.1. The zero-order valence-corrected chi connectivity index (χ0v) is 23.7. The molecule has 1 unspecified atom stereocenters. The third-order valence-electron chi connectivity index (χ3n) is 7.84. The first-order valence-electron chi connectivity index (χ1n) is 13.6. The maximum Gasteiger partial charge on any atom is 0.253 e. The molecule has 1 aliphatic heterocycles. The molecule has 0 radical (unpaired) electrons. The number of rotatable bonds is 8. The maximum atomic E-state index is 13.6. The molecule has 1 saturated heterocycles. The summed E-state index contributed by atoms with van der Waals surface area (Å²) in [5.74, 6) is -0.0169. The Hall–Kier alpha value is -3.16. The number of carbonyl (C=O) groups excluding carboxylic acids is 1. The number of benzene rings is 1. The van der Waals surface area contributed by atoms with Crippen LogP contribution < -0.4 is 10.9 Å². The van der Waals surface area contributed by atoms with Crippen LogP contribution in [0.2, 0.25) is 0 Å². The van der Waals surface area contributed by atoms with E-state index in [9.17, 15) is 9.59 Å². The largest absolute Gasteiger partial charge is 0.381 e. The first kappa shape index (κ1) is 27.9. The summed E-state index contributed by atoms with van der Waals surface area (Å²) in [6.45, 7) is 8.45. The number of ether oxygens (including phenoxy) is 1. The fourth-order valence-corrected chi connectivity index (χ4v) is 5.64. The van der Waals surface area contributed by atoms with Gasteiger partial charge in [-0.15, -0.1) is 0 Å². The third kappa shape index (κ3) is 6.45. The Bertz CT molecular complexity index is 1270. The second-order valence-corrected chi connectivity index (χ2v) is 11.0. The molecule has 2 heterocycles. The molecular weight excluding hydrogens is 476 g/mol. The summed E-state index contributed by atoms with van der Waals surface area (Å²) in [7, 11) is 6.28. The molecule has 7 nitrogen and oxygen atoms in total. The van der Waals surface area contributed by atoms with Gasteiger partial charge in [-0.3, -0.25) is 9.59 Å². The average Bonchev–Trinajstić information content (AvgIpc) is 2.88. The van der Waals surface area contributed by atoms with Crippen LogP contribution in [0.3, 0.4) is 0 Å². The predicted molar refractivity (Wildman–Crippen MR) is 152 cm³/mol. The Labute approximate surface area is 226 Å². The molecule has 7 heteroatoms. The summed E-state index contributed by atoms with van der Waals surface area (Å²) >= 11 is 0. The van der Waals surface area contributed by atoms with E-state index < -0.39 is 0 Å². The normalized spacial score (nSPS) is 18.5. The van der Waals surface area contributed by atoms with E-state index >= 15 is 0 Å². The van der Waals surface area contributed by atoms with E-state index in [-0.39, 0.29) is 23.9 Å². The lowest BCUT2D eigenvalue weighted by Gasteiger charge is -2.38. The Morgan fingerprint density at radius 2 is 1.76 bits per heavy atom. The van der Waals surface area contributed by atoms with Crippen LogP contribution >= 0.6 is 0 Å². The van der Waals surface area contributed by atoms with Gasteiger partial charge in [0.25, 0.3) is 5.56 Å². The highest BCUT2D eigenvalue weighted by Crippen LogP contribution is 2.37.